The minimum Gasteiger partial charge on any atom is -0.479 e. The van der Waals surface area contributed by atoms with Crippen molar-refractivity contribution in [2.24, 2.45) is 0 Å². The van der Waals surface area contributed by atoms with Gasteiger partial charge in [0.1, 0.15) is 0 Å². The van der Waals surface area contributed by atoms with E-state index in [4.69, 9.17) is 0 Å². The third-order valence-corrected chi connectivity index (χ3v) is 4.43. The van der Waals surface area contributed by atoms with E-state index in [2.05, 4.69) is 0 Å². The number of aliphatic hydroxyl groups is 2. The van der Waals surface area contributed by atoms with Gasteiger partial charge in [0, 0.05) is 11.1 Å². The van der Waals surface area contributed by atoms with Crippen molar-refractivity contribution in [2.75, 3.05) is 0 Å². The number of hydrogen-bond donors (Lipinski definition) is 4. The van der Waals surface area contributed by atoms with Crippen LogP contribution in [0.2, 0.25) is 0 Å². The Morgan fingerprint density at radius 3 is 1.07 bits per heavy atom. The number of carbonyl (C=O) groups is 4. The molecule has 0 radical (unpaired) electrons. The summed E-state index contributed by atoms with van der Waals surface area (Å²) in [6.07, 6.45) is 0. The summed E-state index contributed by atoms with van der Waals surface area (Å²) in [4.78, 5) is 49.1. The lowest BCUT2D eigenvalue weighted by Crippen LogP contribution is -2.71. The second-order valence-electron chi connectivity index (χ2n) is 6.42. The lowest BCUT2D eigenvalue weighted by Gasteiger charge is -2.34. The van der Waals surface area contributed by atoms with Crippen LogP contribution in [0.5, 0.6) is 0 Å². The van der Waals surface area contributed by atoms with E-state index in [9.17, 15) is 39.6 Å². The van der Waals surface area contributed by atoms with Gasteiger partial charge in [0.2, 0.25) is 11.6 Å². The van der Waals surface area contributed by atoms with Crippen LogP contribution in [-0.2, 0) is 9.59 Å². The maximum absolute atomic E-state index is 12.8. The van der Waals surface area contributed by atoms with Crippen molar-refractivity contribution in [1.29, 1.82) is 0 Å². The van der Waals surface area contributed by atoms with Crippen LogP contribution >= 0.6 is 0 Å². The highest BCUT2D eigenvalue weighted by molar-refractivity contribution is 6.28. The number of benzene rings is 2. The Bertz CT molecular complexity index is 867. The lowest BCUT2D eigenvalue weighted by atomic mass is 9.73. The number of rotatable bonds is 7. The van der Waals surface area contributed by atoms with Crippen LogP contribution in [-0.4, -0.2) is 60.6 Å². The van der Waals surface area contributed by atoms with Crippen molar-refractivity contribution in [2.45, 2.75) is 25.0 Å². The molecule has 0 amide bonds. The van der Waals surface area contributed by atoms with Crippen molar-refractivity contribution in [3.63, 3.8) is 0 Å². The second-order valence-corrected chi connectivity index (χ2v) is 6.42. The Labute approximate surface area is 165 Å². The molecule has 0 aromatic heterocycles. The normalized spacial score (nSPS) is 14.6. The molecule has 0 saturated heterocycles. The Hall–Kier alpha value is -3.40. The molecule has 154 valence electrons. The second kappa shape index (κ2) is 8.31. The van der Waals surface area contributed by atoms with Crippen LogP contribution in [0.25, 0.3) is 0 Å². The highest BCUT2D eigenvalue weighted by Crippen LogP contribution is 2.32. The predicted molar refractivity (Wildman–Crippen MR) is 99.8 cm³/mol. The summed E-state index contributed by atoms with van der Waals surface area (Å²) in [5, 5.41) is 40.3. The molecule has 2 aromatic rings. The number of aliphatic carboxylic acids is 2. The SMILES string of the molecule is Cc1ccc(C(=O)[C@](O)(C(=O)O)[C@@](O)(C(=O)O)C(=O)c2ccc(C)cc2)cc1.O. The number of carbonyl (C=O) groups excluding carboxylic acids is 2. The first-order chi connectivity index (χ1) is 13.0. The molecule has 2 rings (SSSR count). The van der Waals surface area contributed by atoms with Gasteiger partial charge in [-0.1, -0.05) is 59.7 Å². The monoisotopic (exact) mass is 404 g/mol. The van der Waals surface area contributed by atoms with Gasteiger partial charge in [-0.05, 0) is 13.8 Å². The summed E-state index contributed by atoms with van der Waals surface area (Å²) < 4.78 is 0. The first-order valence-electron chi connectivity index (χ1n) is 8.10. The molecule has 0 spiro atoms. The van der Waals surface area contributed by atoms with Crippen LogP contribution in [0, 0.1) is 13.8 Å². The molecule has 9 heteroatoms. The summed E-state index contributed by atoms with van der Waals surface area (Å²) in [6, 6.07) is 10.3. The molecule has 0 bridgehead atoms. The van der Waals surface area contributed by atoms with E-state index in [1.165, 1.54) is 24.3 Å². The highest BCUT2D eigenvalue weighted by Gasteiger charge is 2.69. The average Bonchev–Trinajstić information content (AvgIpc) is 2.66. The van der Waals surface area contributed by atoms with Crippen molar-refractivity contribution < 1.29 is 45.1 Å². The first kappa shape index (κ1) is 23.6. The summed E-state index contributed by atoms with van der Waals surface area (Å²) in [5.74, 6) is -8.01. The highest BCUT2D eigenvalue weighted by atomic mass is 16.5. The zero-order valence-electron chi connectivity index (χ0n) is 15.5. The number of aryl methyl sites for hydroxylation is 2. The molecular formula is C20H20O9. The summed E-state index contributed by atoms with van der Waals surface area (Å²) in [6.45, 7) is 3.37. The maximum atomic E-state index is 12.8. The van der Waals surface area contributed by atoms with Crippen molar-refractivity contribution >= 4 is 23.5 Å². The van der Waals surface area contributed by atoms with Gasteiger partial charge in [0.15, 0.2) is 0 Å². The molecule has 0 aliphatic carbocycles. The van der Waals surface area contributed by atoms with E-state index in [0.717, 1.165) is 24.3 Å². The minimum absolute atomic E-state index is 0. The van der Waals surface area contributed by atoms with Crippen LogP contribution in [0.1, 0.15) is 31.8 Å². The van der Waals surface area contributed by atoms with Gasteiger partial charge in [-0.3, -0.25) is 9.59 Å². The molecule has 9 nitrogen and oxygen atoms in total. The molecule has 0 saturated carbocycles. The molecule has 29 heavy (non-hydrogen) atoms. The molecule has 0 heterocycles. The number of Topliss-reactive ketones (excluding diaryl/α,β-unsaturated/α-hetero) is 2. The number of carboxylic acid groups (broad SMARTS) is 2. The first-order valence-corrected chi connectivity index (χ1v) is 8.10. The standard InChI is InChI=1S/C20H18O8.H2O/c1-11-3-7-13(8-4-11)15(21)19(27,17(23)24)20(28,18(25)26)16(22)14-9-5-12(2)6-10-14;/h3-10,27-28H,1-2H3,(H,23,24)(H,25,26);1H2/t19-,20-;/m0./s1. The zero-order valence-corrected chi connectivity index (χ0v) is 15.5. The maximum Gasteiger partial charge on any atom is 0.348 e. The van der Waals surface area contributed by atoms with Crippen molar-refractivity contribution in [3.8, 4) is 0 Å². The Morgan fingerprint density at radius 1 is 0.621 bits per heavy atom. The molecule has 2 aromatic carbocycles. The molecule has 2 atom stereocenters. The van der Waals surface area contributed by atoms with Crippen molar-refractivity contribution in [3.05, 3.63) is 70.8 Å². The molecule has 0 fully saturated rings. The Kier molecular flexibility index (Phi) is 6.78. The number of ketones is 2. The minimum atomic E-state index is -3.96. The summed E-state index contributed by atoms with van der Waals surface area (Å²) in [5.41, 5.74) is -7.27. The lowest BCUT2D eigenvalue weighted by molar-refractivity contribution is -0.187. The van der Waals surface area contributed by atoms with Crippen LogP contribution in [0.4, 0.5) is 0 Å². The third kappa shape index (κ3) is 3.79. The average molecular weight is 404 g/mol. The fourth-order valence-corrected chi connectivity index (χ4v) is 2.66. The van der Waals surface area contributed by atoms with Gasteiger partial charge >= 0.3 is 11.9 Å². The van der Waals surface area contributed by atoms with E-state index >= 15 is 0 Å². The molecule has 6 N–H and O–H groups in total. The van der Waals surface area contributed by atoms with Gasteiger partial charge in [0.25, 0.3) is 11.2 Å². The quantitative estimate of drug-likeness (QED) is 0.372. The number of carboxylic acids is 2. The van der Waals surface area contributed by atoms with Crippen LogP contribution < -0.4 is 0 Å². The fourth-order valence-electron chi connectivity index (χ4n) is 2.66. The van der Waals surface area contributed by atoms with E-state index in [1.807, 2.05) is 0 Å². The topological polar surface area (TPSA) is 181 Å². The van der Waals surface area contributed by atoms with E-state index in [0.29, 0.717) is 11.1 Å². The van der Waals surface area contributed by atoms with E-state index in [1.54, 1.807) is 13.8 Å². The Morgan fingerprint density at radius 2 is 0.862 bits per heavy atom. The van der Waals surface area contributed by atoms with Gasteiger partial charge in [-0.25, -0.2) is 9.59 Å². The molecule has 0 aliphatic heterocycles. The smallest absolute Gasteiger partial charge is 0.348 e. The largest absolute Gasteiger partial charge is 0.479 e. The number of hydrogen-bond acceptors (Lipinski definition) is 6. The van der Waals surface area contributed by atoms with Crippen LogP contribution in [0.15, 0.2) is 48.5 Å². The van der Waals surface area contributed by atoms with Gasteiger partial charge in [-0.15, -0.1) is 0 Å². The van der Waals surface area contributed by atoms with Gasteiger partial charge < -0.3 is 25.9 Å². The molecular weight excluding hydrogens is 384 g/mol. The molecule has 0 unspecified atom stereocenters. The zero-order chi connectivity index (χ0) is 21.3. The van der Waals surface area contributed by atoms with Gasteiger partial charge in [0.05, 0.1) is 0 Å². The fraction of sp³-hybridized carbons (Fsp3) is 0.200. The molecule has 0 aliphatic rings. The third-order valence-electron chi connectivity index (χ3n) is 4.43. The van der Waals surface area contributed by atoms with Crippen molar-refractivity contribution in [1.82, 2.24) is 0 Å². The summed E-state index contributed by atoms with van der Waals surface area (Å²) in [7, 11) is 0. The summed E-state index contributed by atoms with van der Waals surface area (Å²) >= 11 is 0. The van der Waals surface area contributed by atoms with Gasteiger partial charge in [-0.2, -0.15) is 0 Å². The van der Waals surface area contributed by atoms with Crippen LogP contribution in [0.3, 0.4) is 0 Å². The van der Waals surface area contributed by atoms with E-state index < -0.39 is 34.7 Å². The predicted octanol–water partition coefficient (Wildman–Crippen LogP) is 0.176. The van der Waals surface area contributed by atoms with E-state index in [-0.39, 0.29) is 16.6 Å². The Balaban J connectivity index is 0.00000420.